The zero-order chi connectivity index (χ0) is 11.1. The number of methoxy groups -OCH3 is 1. The van der Waals surface area contributed by atoms with Gasteiger partial charge in [-0.25, -0.2) is 5.48 Å². The van der Waals surface area contributed by atoms with Crippen LogP contribution in [0.2, 0.25) is 0 Å². The molecule has 0 aliphatic carbocycles. The molecule has 0 unspecified atom stereocenters. The van der Waals surface area contributed by atoms with Gasteiger partial charge in [0, 0.05) is 24.9 Å². The highest BCUT2D eigenvalue weighted by Gasteiger charge is 2.04. The fraction of sp³-hybridized carbons (Fsp3) is 0.333. The highest BCUT2D eigenvalue weighted by atomic mass is 16.7. The van der Waals surface area contributed by atoms with Crippen LogP contribution in [0.5, 0.6) is 0 Å². The van der Waals surface area contributed by atoms with Gasteiger partial charge in [0.2, 0.25) is 5.56 Å². The zero-order valence-electron chi connectivity index (χ0n) is 8.28. The van der Waals surface area contributed by atoms with Gasteiger partial charge in [0.25, 0.3) is 5.91 Å². The van der Waals surface area contributed by atoms with E-state index < -0.39 is 5.91 Å². The minimum Gasteiger partial charge on any atom is -0.382 e. The van der Waals surface area contributed by atoms with Crippen LogP contribution < -0.4 is 11.0 Å². The molecule has 15 heavy (non-hydrogen) atoms. The molecule has 1 amide bonds. The Balaban J connectivity index is 2.44. The largest absolute Gasteiger partial charge is 0.382 e. The summed E-state index contributed by atoms with van der Waals surface area (Å²) in [6.45, 7) is 0.640. The summed E-state index contributed by atoms with van der Waals surface area (Å²) in [5.41, 5.74) is 2.10. The highest BCUT2D eigenvalue weighted by molar-refractivity contribution is 5.93. The molecule has 0 radical (unpaired) electrons. The summed E-state index contributed by atoms with van der Waals surface area (Å²) in [7, 11) is 1.53. The van der Waals surface area contributed by atoms with E-state index in [1.807, 2.05) is 0 Å². The monoisotopic (exact) mass is 212 g/mol. The second-order valence-corrected chi connectivity index (χ2v) is 2.71. The zero-order valence-corrected chi connectivity index (χ0v) is 8.28. The summed E-state index contributed by atoms with van der Waals surface area (Å²) >= 11 is 0. The van der Waals surface area contributed by atoms with Crippen LogP contribution in [0.3, 0.4) is 0 Å². The topological polar surface area (TPSA) is 80.4 Å². The smallest absolute Gasteiger partial charge is 0.275 e. The van der Waals surface area contributed by atoms with Crippen LogP contribution in [0.1, 0.15) is 10.4 Å². The third-order valence-electron chi connectivity index (χ3n) is 1.59. The molecule has 1 aromatic heterocycles. The van der Waals surface area contributed by atoms with Gasteiger partial charge in [-0.05, 0) is 6.07 Å². The number of hydrogen-bond donors (Lipinski definition) is 2. The Morgan fingerprint density at radius 1 is 1.53 bits per heavy atom. The molecule has 0 aliphatic heterocycles. The number of aromatic amines is 1. The van der Waals surface area contributed by atoms with Crippen molar-refractivity contribution in [1.82, 2.24) is 10.5 Å². The third-order valence-corrected chi connectivity index (χ3v) is 1.59. The molecule has 6 heteroatoms. The Morgan fingerprint density at radius 3 is 3.00 bits per heavy atom. The second kappa shape index (κ2) is 5.94. The van der Waals surface area contributed by atoms with Gasteiger partial charge in [0.05, 0.1) is 13.2 Å². The predicted octanol–water partition coefficient (Wildman–Crippen LogP) is -0.317. The molecule has 1 heterocycles. The maximum Gasteiger partial charge on any atom is 0.275 e. The van der Waals surface area contributed by atoms with Gasteiger partial charge in [0.15, 0.2) is 0 Å². The van der Waals surface area contributed by atoms with Crippen molar-refractivity contribution in [3.8, 4) is 0 Å². The Labute approximate surface area is 86.2 Å². The molecule has 1 rings (SSSR count). The van der Waals surface area contributed by atoms with Crippen LogP contribution in [0.4, 0.5) is 0 Å². The standard InChI is InChI=1S/C9H12N2O4/c1-14-4-5-15-11-9(13)7-2-3-10-8(12)6-7/h2-3,6H,4-5H2,1H3,(H,10,12)(H,11,13). The molecule has 2 N–H and O–H groups in total. The minimum absolute atomic E-state index is 0.246. The molecule has 0 aliphatic rings. The van der Waals surface area contributed by atoms with Crippen molar-refractivity contribution in [3.05, 3.63) is 34.2 Å². The summed E-state index contributed by atoms with van der Waals surface area (Å²) in [4.78, 5) is 29.4. The summed E-state index contributed by atoms with van der Waals surface area (Å²) in [6, 6.07) is 2.67. The summed E-state index contributed by atoms with van der Waals surface area (Å²) < 4.78 is 4.72. The van der Waals surface area contributed by atoms with Crippen LogP contribution >= 0.6 is 0 Å². The first-order valence-corrected chi connectivity index (χ1v) is 4.34. The van der Waals surface area contributed by atoms with E-state index in [1.54, 1.807) is 0 Å². The third kappa shape index (κ3) is 3.92. The first-order chi connectivity index (χ1) is 7.24. The lowest BCUT2D eigenvalue weighted by atomic mass is 10.2. The van der Waals surface area contributed by atoms with Crippen LogP contribution in [0.15, 0.2) is 23.1 Å². The van der Waals surface area contributed by atoms with E-state index in [1.165, 1.54) is 25.4 Å². The number of ether oxygens (including phenoxy) is 1. The Bertz CT molecular complexity index is 374. The van der Waals surface area contributed by atoms with Gasteiger partial charge < -0.3 is 9.72 Å². The number of aromatic nitrogens is 1. The molecule has 82 valence electrons. The molecular formula is C9H12N2O4. The quantitative estimate of drug-likeness (QED) is 0.518. The fourth-order valence-corrected chi connectivity index (χ4v) is 0.886. The highest BCUT2D eigenvalue weighted by Crippen LogP contribution is 1.92. The lowest BCUT2D eigenvalue weighted by Crippen LogP contribution is -2.26. The SMILES string of the molecule is COCCONC(=O)c1cc[nH]c(=O)c1. The molecule has 0 spiro atoms. The van der Waals surface area contributed by atoms with Crippen molar-refractivity contribution in [3.63, 3.8) is 0 Å². The van der Waals surface area contributed by atoms with Crippen molar-refractivity contribution in [2.75, 3.05) is 20.3 Å². The van der Waals surface area contributed by atoms with E-state index in [9.17, 15) is 9.59 Å². The molecule has 0 bridgehead atoms. The number of nitrogens with one attached hydrogen (secondary N) is 2. The van der Waals surface area contributed by atoms with Crippen LogP contribution in [-0.4, -0.2) is 31.2 Å². The fourth-order valence-electron chi connectivity index (χ4n) is 0.886. The lowest BCUT2D eigenvalue weighted by molar-refractivity contribution is 0.00887. The second-order valence-electron chi connectivity index (χ2n) is 2.71. The summed E-state index contributed by atoms with van der Waals surface area (Å²) in [5.74, 6) is -0.461. The summed E-state index contributed by atoms with van der Waals surface area (Å²) in [5, 5.41) is 0. The van der Waals surface area contributed by atoms with Gasteiger partial charge in [-0.3, -0.25) is 14.4 Å². The molecule has 6 nitrogen and oxygen atoms in total. The van der Waals surface area contributed by atoms with E-state index in [-0.39, 0.29) is 17.7 Å². The number of hydrogen-bond acceptors (Lipinski definition) is 4. The number of carbonyl (C=O) groups excluding carboxylic acids is 1. The van der Waals surface area contributed by atoms with Crippen molar-refractivity contribution in [2.45, 2.75) is 0 Å². The van der Waals surface area contributed by atoms with Gasteiger partial charge in [-0.2, -0.15) is 0 Å². The lowest BCUT2D eigenvalue weighted by Gasteiger charge is -2.04. The Kier molecular flexibility index (Phi) is 4.52. The predicted molar refractivity (Wildman–Crippen MR) is 52.4 cm³/mol. The van der Waals surface area contributed by atoms with E-state index in [2.05, 4.69) is 10.5 Å². The first-order valence-electron chi connectivity index (χ1n) is 4.34. The van der Waals surface area contributed by atoms with Crippen LogP contribution in [0.25, 0.3) is 0 Å². The molecule has 0 aromatic carbocycles. The van der Waals surface area contributed by atoms with Crippen molar-refractivity contribution in [2.24, 2.45) is 0 Å². The van der Waals surface area contributed by atoms with Crippen LogP contribution in [0, 0.1) is 0 Å². The summed E-state index contributed by atoms with van der Waals surface area (Å²) in [6.07, 6.45) is 1.40. The molecule has 0 fully saturated rings. The molecule has 0 saturated heterocycles. The number of pyridine rings is 1. The van der Waals surface area contributed by atoms with E-state index in [0.29, 0.717) is 6.61 Å². The number of hydroxylamine groups is 1. The number of amides is 1. The maximum absolute atomic E-state index is 11.3. The van der Waals surface area contributed by atoms with E-state index in [4.69, 9.17) is 9.57 Å². The first kappa shape index (κ1) is 11.4. The molecule has 0 atom stereocenters. The van der Waals surface area contributed by atoms with E-state index >= 15 is 0 Å². The van der Waals surface area contributed by atoms with Gasteiger partial charge in [-0.15, -0.1) is 0 Å². The van der Waals surface area contributed by atoms with Gasteiger partial charge in [-0.1, -0.05) is 0 Å². The number of H-pyrrole nitrogens is 1. The molecular weight excluding hydrogens is 200 g/mol. The molecule has 1 aromatic rings. The van der Waals surface area contributed by atoms with Crippen molar-refractivity contribution in [1.29, 1.82) is 0 Å². The Hall–Kier alpha value is -1.66. The number of carbonyl (C=O) groups is 1. The minimum atomic E-state index is -0.461. The maximum atomic E-state index is 11.3. The number of rotatable bonds is 5. The van der Waals surface area contributed by atoms with Crippen LogP contribution in [-0.2, 0) is 9.57 Å². The average molecular weight is 212 g/mol. The van der Waals surface area contributed by atoms with E-state index in [0.717, 1.165) is 0 Å². The normalized spacial score (nSPS) is 9.93. The molecule has 0 saturated carbocycles. The van der Waals surface area contributed by atoms with Crippen molar-refractivity contribution < 1.29 is 14.4 Å². The van der Waals surface area contributed by atoms with Gasteiger partial charge in [0.1, 0.15) is 0 Å². The van der Waals surface area contributed by atoms with Gasteiger partial charge >= 0.3 is 0 Å². The Morgan fingerprint density at radius 2 is 2.33 bits per heavy atom. The average Bonchev–Trinajstić information content (AvgIpc) is 2.24. The van der Waals surface area contributed by atoms with Crippen molar-refractivity contribution >= 4 is 5.91 Å².